The Morgan fingerprint density at radius 3 is 2.54 bits per heavy atom. The predicted octanol–water partition coefficient (Wildman–Crippen LogP) is 3.22. The Hall–Kier alpha value is -2.14. The molecule has 3 N–H and O–H groups in total. The molecule has 5 heteroatoms. The van der Waals surface area contributed by atoms with E-state index < -0.39 is 0 Å². The first-order chi connectivity index (χ1) is 11.5. The Morgan fingerprint density at radius 2 is 1.92 bits per heavy atom. The zero-order valence-corrected chi connectivity index (χ0v) is 14.8. The Balaban J connectivity index is 1.84. The van der Waals surface area contributed by atoms with E-state index in [4.69, 9.17) is 10.2 Å². The third-order valence-electron chi connectivity index (χ3n) is 4.50. The first-order valence-corrected chi connectivity index (χ1v) is 8.53. The molecule has 5 nitrogen and oxygen atoms in total. The molecule has 0 saturated carbocycles. The highest BCUT2D eigenvalue weighted by molar-refractivity contribution is 5.76. The predicted molar refractivity (Wildman–Crippen MR) is 95.5 cm³/mol. The maximum absolute atomic E-state index is 12.0. The monoisotopic (exact) mass is 329 g/mol. The summed E-state index contributed by atoms with van der Waals surface area (Å²) in [6, 6.07) is 8.07. The lowest BCUT2D eigenvalue weighted by atomic mass is 9.94. The number of hydrogen-bond donors (Lipinski definition) is 2. The van der Waals surface area contributed by atoms with E-state index in [0.717, 1.165) is 24.2 Å². The zero-order valence-electron chi connectivity index (χ0n) is 14.8. The molecule has 1 amide bonds. The Morgan fingerprint density at radius 1 is 1.25 bits per heavy atom. The molecule has 0 saturated heterocycles. The van der Waals surface area contributed by atoms with Gasteiger partial charge in [-0.3, -0.25) is 4.79 Å². The molecule has 2 aromatic rings. The molecule has 24 heavy (non-hydrogen) atoms. The van der Waals surface area contributed by atoms with E-state index in [0.29, 0.717) is 25.3 Å². The standard InChI is InChI=1S/C19H27N3O2/c1-4-19(20,5-2)13-22-17(23)10-11-18-21-12-16(24-18)15-8-6-14(3)7-9-15/h6-9,12H,4-5,10-11,13,20H2,1-3H3,(H,22,23). The van der Waals surface area contributed by atoms with Gasteiger partial charge in [-0.2, -0.15) is 0 Å². The smallest absolute Gasteiger partial charge is 0.220 e. The second-order valence-corrected chi connectivity index (χ2v) is 6.33. The van der Waals surface area contributed by atoms with Crippen LogP contribution in [0.1, 0.15) is 44.6 Å². The molecule has 0 aliphatic carbocycles. The third kappa shape index (κ3) is 4.93. The van der Waals surface area contributed by atoms with Gasteiger partial charge in [0.1, 0.15) is 0 Å². The number of nitrogens with two attached hydrogens (primary N) is 1. The quantitative estimate of drug-likeness (QED) is 0.779. The van der Waals surface area contributed by atoms with E-state index in [9.17, 15) is 4.79 Å². The van der Waals surface area contributed by atoms with Crippen LogP contribution >= 0.6 is 0 Å². The molecule has 0 bridgehead atoms. The first kappa shape index (κ1) is 18.2. The molecular formula is C19H27N3O2. The molecule has 0 aliphatic rings. The summed E-state index contributed by atoms with van der Waals surface area (Å²) in [5.74, 6) is 1.27. The van der Waals surface area contributed by atoms with Gasteiger partial charge >= 0.3 is 0 Å². The summed E-state index contributed by atoms with van der Waals surface area (Å²) in [6.45, 7) is 6.62. The number of aryl methyl sites for hydroxylation is 2. The zero-order chi connectivity index (χ0) is 17.6. The van der Waals surface area contributed by atoms with Gasteiger partial charge in [0.05, 0.1) is 6.20 Å². The molecular weight excluding hydrogens is 302 g/mol. The number of carbonyl (C=O) groups is 1. The highest BCUT2D eigenvalue weighted by atomic mass is 16.4. The van der Waals surface area contributed by atoms with Gasteiger partial charge in [0.15, 0.2) is 11.7 Å². The van der Waals surface area contributed by atoms with Crippen LogP contribution < -0.4 is 11.1 Å². The van der Waals surface area contributed by atoms with E-state index in [-0.39, 0.29) is 11.4 Å². The van der Waals surface area contributed by atoms with Crippen LogP contribution in [-0.4, -0.2) is 23.0 Å². The molecule has 1 aromatic carbocycles. The van der Waals surface area contributed by atoms with Crippen molar-refractivity contribution in [3.05, 3.63) is 41.9 Å². The van der Waals surface area contributed by atoms with Crippen molar-refractivity contribution in [2.75, 3.05) is 6.54 Å². The van der Waals surface area contributed by atoms with Crippen molar-refractivity contribution >= 4 is 5.91 Å². The minimum atomic E-state index is -0.322. The minimum absolute atomic E-state index is 0.0261. The molecule has 0 unspecified atom stereocenters. The summed E-state index contributed by atoms with van der Waals surface area (Å²) in [5.41, 5.74) is 8.05. The van der Waals surface area contributed by atoms with Crippen molar-refractivity contribution in [1.82, 2.24) is 10.3 Å². The Kier molecular flexibility index (Phi) is 6.15. The maximum Gasteiger partial charge on any atom is 0.220 e. The summed E-state index contributed by atoms with van der Waals surface area (Å²) in [5, 5.41) is 2.91. The maximum atomic E-state index is 12.0. The fraction of sp³-hybridized carbons (Fsp3) is 0.474. The molecule has 2 rings (SSSR count). The number of benzene rings is 1. The van der Waals surface area contributed by atoms with Gasteiger partial charge in [-0.1, -0.05) is 43.7 Å². The lowest BCUT2D eigenvalue weighted by Gasteiger charge is -2.26. The number of carbonyl (C=O) groups excluding carboxylic acids is 1. The van der Waals surface area contributed by atoms with Gasteiger partial charge in [0, 0.05) is 30.5 Å². The van der Waals surface area contributed by atoms with Gasteiger partial charge in [0.25, 0.3) is 0 Å². The van der Waals surface area contributed by atoms with Gasteiger partial charge in [0.2, 0.25) is 5.91 Å². The molecule has 0 spiro atoms. The summed E-state index contributed by atoms with van der Waals surface area (Å²) in [4.78, 5) is 16.2. The van der Waals surface area contributed by atoms with E-state index >= 15 is 0 Å². The third-order valence-corrected chi connectivity index (χ3v) is 4.50. The van der Waals surface area contributed by atoms with Crippen molar-refractivity contribution in [2.24, 2.45) is 5.73 Å². The van der Waals surface area contributed by atoms with E-state index in [1.807, 2.05) is 45.0 Å². The van der Waals surface area contributed by atoms with Crippen LogP contribution in [0.5, 0.6) is 0 Å². The summed E-state index contributed by atoms with van der Waals surface area (Å²) in [6.07, 6.45) is 4.20. The SMILES string of the molecule is CCC(N)(CC)CNC(=O)CCc1ncc(-c2ccc(C)cc2)o1. The number of nitrogens with zero attached hydrogens (tertiary/aromatic N) is 1. The number of hydrogen-bond acceptors (Lipinski definition) is 4. The number of rotatable bonds is 8. The molecule has 0 fully saturated rings. The van der Waals surface area contributed by atoms with Crippen LogP contribution in [0.25, 0.3) is 11.3 Å². The molecule has 0 aliphatic heterocycles. The fourth-order valence-electron chi connectivity index (χ4n) is 2.36. The average molecular weight is 329 g/mol. The topological polar surface area (TPSA) is 81.1 Å². The van der Waals surface area contributed by atoms with Crippen molar-refractivity contribution < 1.29 is 9.21 Å². The Labute approximate surface area is 143 Å². The highest BCUT2D eigenvalue weighted by Gasteiger charge is 2.20. The van der Waals surface area contributed by atoms with Crippen molar-refractivity contribution in [2.45, 2.75) is 52.0 Å². The molecule has 0 radical (unpaired) electrons. The molecule has 130 valence electrons. The van der Waals surface area contributed by atoms with Crippen LogP contribution in [-0.2, 0) is 11.2 Å². The van der Waals surface area contributed by atoms with Crippen molar-refractivity contribution in [3.63, 3.8) is 0 Å². The van der Waals surface area contributed by atoms with Gasteiger partial charge < -0.3 is 15.5 Å². The van der Waals surface area contributed by atoms with Crippen LogP contribution in [0.4, 0.5) is 0 Å². The minimum Gasteiger partial charge on any atom is -0.441 e. The van der Waals surface area contributed by atoms with Crippen LogP contribution in [0.2, 0.25) is 0 Å². The van der Waals surface area contributed by atoms with E-state index in [1.54, 1.807) is 6.20 Å². The molecule has 1 heterocycles. The van der Waals surface area contributed by atoms with Crippen molar-refractivity contribution in [3.8, 4) is 11.3 Å². The largest absolute Gasteiger partial charge is 0.441 e. The molecule has 1 aromatic heterocycles. The molecule has 0 atom stereocenters. The highest BCUT2D eigenvalue weighted by Crippen LogP contribution is 2.21. The van der Waals surface area contributed by atoms with Gasteiger partial charge in [-0.05, 0) is 19.8 Å². The van der Waals surface area contributed by atoms with Crippen LogP contribution in [0.3, 0.4) is 0 Å². The summed E-state index contributed by atoms with van der Waals surface area (Å²) in [7, 11) is 0. The summed E-state index contributed by atoms with van der Waals surface area (Å²) < 4.78 is 5.73. The fourth-order valence-corrected chi connectivity index (χ4v) is 2.36. The van der Waals surface area contributed by atoms with Crippen molar-refractivity contribution in [1.29, 1.82) is 0 Å². The van der Waals surface area contributed by atoms with Crippen LogP contribution in [0.15, 0.2) is 34.9 Å². The second kappa shape index (κ2) is 8.11. The first-order valence-electron chi connectivity index (χ1n) is 8.53. The Bertz CT molecular complexity index is 658. The van der Waals surface area contributed by atoms with E-state index in [1.165, 1.54) is 5.56 Å². The van der Waals surface area contributed by atoms with Gasteiger partial charge in [-0.15, -0.1) is 0 Å². The van der Waals surface area contributed by atoms with Gasteiger partial charge in [-0.25, -0.2) is 4.98 Å². The average Bonchev–Trinajstić information content (AvgIpc) is 3.07. The second-order valence-electron chi connectivity index (χ2n) is 6.33. The lowest BCUT2D eigenvalue weighted by molar-refractivity contribution is -0.121. The number of aromatic nitrogens is 1. The number of amides is 1. The normalized spacial score (nSPS) is 11.5. The summed E-state index contributed by atoms with van der Waals surface area (Å²) >= 11 is 0. The van der Waals surface area contributed by atoms with E-state index in [2.05, 4.69) is 10.3 Å². The number of oxazole rings is 1. The van der Waals surface area contributed by atoms with Crippen LogP contribution in [0, 0.1) is 6.92 Å². The lowest BCUT2D eigenvalue weighted by Crippen LogP contribution is -2.49. The number of nitrogens with one attached hydrogen (secondary N) is 1.